The minimum atomic E-state index is -4.57. The number of nitriles is 1. The number of fused-ring (bicyclic) bond motifs is 1. The van der Waals surface area contributed by atoms with Crippen LogP contribution in [0.2, 0.25) is 0 Å². The van der Waals surface area contributed by atoms with Gasteiger partial charge in [-0.1, -0.05) is 19.1 Å². The number of halogens is 3. The summed E-state index contributed by atoms with van der Waals surface area (Å²) in [7, 11) is 1.92. The molecule has 0 amide bonds. The Hall–Kier alpha value is -3.46. The normalized spacial score (nSPS) is 26.5. The summed E-state index contributed by atoms with van der Waals surface area (Å²) in [6, 6.07) is 12.7. The van der Waals surface area contributed by atoms with E-state index in [1.165, 1.54) is 6.07 Å². The number of aryl methyl sites for hydroxylation is 1. The Bertz CT molecular complexity index is 1480. The summed E-state index contributed by atoms with van der Waals surface area (Å²) in [6.45, 7) is 3.88. The average Bonchev–Trinajstić information content (AvgIpc) is 3.49. The Morgan fingerprint density at radius 2 is 2.02 bits per heavy atom. The topological polar surface area (TPSA) is 90.4 Å². The molecule has 0 spiro atoms. The lowest BCUT2D eigenvalue weighted by atomic mass is 9.58. The molecule has 6 rings (SSSR count). The number of rotatable bonds is 6. The smallest absolute Gasteiger partial charge is 0.374 e. The standard InChI is InChI=1S/C30H33F3N6O2/c1-19-13-29(14-19,28-36-35-18-37(28)2)21-4-3-5-22(12-21)39-17-25-24(27(39)40)10-20(11-26(25)30(31,32)33)15-38-8-9-41-23(16-38)6-7-34/h3-5,10-12,18-19,23,27,40H,6,8-9,13-17H2,1-2H3/t19-,23-,27?,29+/m1/s1. The summed E-state index contributed by atoms with van der Waals surface area (Å²) >= 11 is 0. The van der Waals surface area contributed by atoms with Gasteiger partial charge >= 0.3 is 6.18 Å². The van der Waals surface area contributed by atoms with E-state index in [0.29, 0.717) is 36.9 Å². The van der Waals surface area contributed by atoms with Gasteiger partial charge in [-0.05, 0) is 59.7 Å². The average molecular weight is 567 g/mol. The van der Waals surface area contributed by atoms with Crippen molar-refractivity contribution in [3.63, 3.8) is 0 Å². The van der Waals surface area contributed by atoms with Gasteiger partial charge in [-0.15, -0.1) is 10.2 Å². The number of benzene rings is 2. The number of hydrogen-bond donors (Lipinski definition) is 1. The molecule has 0 radical (unpaired) electrons. The zero-order chi connectivity index (χ0) is 28.9. The highest BCUT2D eigenvalue weighted by Gasteiger charge is 2.48. The molecular weight excluding hydrogens is 533 g/mol. The van der Waals surface area contributed by atoms with Crippen LogP contribution in [0.15, 0.2) is 42.7 Å². The molecule has 1 unspecified atom stereocenters. The minimum Gasteiger partial charge on any atom is -0.374 e. The molecule has 8 nitrogen and oxygen atoms in total. The Balaban J connectivity index is 1.31. The molecule has 1 N–H and O–H groups in total. The summed E-state index contributed by atoms with van der Waals surface area (Å²) < 4.78 is 50.5. The molecule has 41 heavy (non-hydrogen) atoms. The van der Waals surface area contributed by atoms with E-state index >= 15 is 0 Å². The number of morpholine rings is 1. The van der Waals surface area contributed by atoms with Crippen molar-refractivity contribution < 1.29 is 23.0 Å². The molecule has 3 heterocycles. The fourth-order valence-corrected chi connectivity index (χ4v) is 6.95. The third-order valence-electron chi connectivity index (χ3n) is 8.76. The maximum atomic E-state index is 14.3. The van der Waals surface area contributed by atoms with E-state index in [-0.39, 0.29) is 42.2 Å². The first-order valence-corrected chi connectivity index (χ1v) is 13.9. The first-order chi connectivity index (χ1) is 19.6. The van der Waals surface area contributed by atoms with Gasteiger partial charge < -0.3 is 19.3 Å². The van der Waals surface area contributed by atoms with Crippen LogP contribution in [0.3, 0.4) is 0 Å². The number of aliphatic hydroxyl groups excluding tert-OH is 1. The molecule has 2 aliphatic heterocycles. The number of anilines is 1. The van der Waals surface area contributed by atoms with Crippen molar-refractivity contribution >= 4 is 5.69 Å². The summed E-state index contributed by atoms with van der Waals surface area (Å²) in [5.74, 6) is 1.37. The molecule has 3 aliphatic rings. The van der Waals surface area contributed by atoms with E-state index in [0.717, 1.165) is 24.2 Å². The number of aromatic nitrogens is 3. The van der Waals surface area contributed by atoms with Gasteiger partial charge in [0.1, 0.15) is 12.2 Å². The second kappa shape index (κ2) is 10.4. The van der Waals surface area contributed by atoms with E-state index in [1.54, 1.807) is 17.3 Å². The number of hydrogen-bond acceptors (Lipinski definition) is 7. The SMILES string of the molecule is Cn1cnnc1[C@]1(c2cccc(N3Cc4c(cc(CN5CCO[C@H](CC#N)C5)cc4C(F)(F)F)C3O)c2)C[C@H](C)C1. The van der Waals surface area contributed by atoms with Gasteiger partial charge in [0.05, 0.1) is 36.2 Å². The summed E-state index contributed by atoms with van der Waals surface area (Å²) in [4.78, 5) is 3.64. The number of nitrogens with zero attached hydrogens (tertiary/aromatic N) is 6. The lowest BCUT2D eigenvalue weighted by molar-refractivity contribution is -0.138. The fraction of sp³-hybridized carbons (Fsp3) is 0.500. The molecule has 1 aromatic heterocycles. The van der Waals surface area contributed by atoms with Crippen LogP contribution >= 0.6 is 0 Å². The summed E-state index contributed by atoms with van der Waals surface area (Å²) in [5, 5.41) is 28.9. The predicted molar refractivity (Wildman–Crippen MR) is 144 cm³/mol. The Labute approximate surface area is 237 Å². The minimum absolute atomic E-state index is 0.0514. The van der Waals surface area contributed by atoms with Crippen LogP contribution < -0.4 is 4.90 Å². The van der Waals surface area contributed by atoms with Crippen molar-refractivity contribution in [2.75, 3.05) is 24.6 Å². The van der Waals surface area contributed by atoms with Crippen molar-refractivity contribution in [3.05, 3.63) is 76.4 Å². The highest BCUT2D eigenvalue weighted by atomic mass is 19.4. The van der Waals surface area contributed by atoms with E-state index in [4.69, 9.17) is 10.00 Å². The van der Waals surface area contributed by atoms with Gasteiger partial charge in [-0.2, -0.15) is 18.4 Å². The number of alkyl halides is 3. The van der Waals surface area contributed by atoms with Crippen molar-refractivity contribution in [1.82, 2.24) is 19.7 Å². The van der Waals surface area contributed by atoms with Crippen molar-refractivity contribution in [1.29, 1.82) is 5.26 Å². The molecule has 3 aromatic rings. The van der Waals surface area contributed by atoms with Gasteiger partial charge in [0.15, 0.2) is 6.23 Å². The quantitative estimate of drug-likeness (QED) is 0.464. The number of ether oxygens (including phenoxy) is 1. The third kappa shape index (κ3) is 4.98. The van der Waals surface area contributed by atoms with E-state index in [9.17, 15) is 18.3 Å². The molecule has 1 saturated carbocycles. The fourth-order valence-electron chi connectivity index (χ4n) is 6.95. The second-order valence-electron chi connectivity index (χ2n) is 11.7. The van der Waals surface area contributed by atoms with Crippen LogP contribution in [0.1, 0.15) is 66.1 Å². The number of aliphatic hydroxyl groups is 1. The molecule has 1 saturated heterocycles. The van der Waals surface area contributed by atoms with Crippen LogP contribution in [0.25, 0.3) is 0 Å². The van der Waals surface area contributed by atoms with Crippen LogP contribution in [0.4, 0.5) is 18.9 Å². The van der Waals surface area contributed by atoms with E-state index in [1.807, 2.05) is 40.8 Å². The zero-order valence-electron chi connectivity index (χ0n) is 23.1. The van der Waals surface area contributed by atoms with Crippen molar-refractivity contribution in [2.24, 2.45) is 13.0 Å². The Kier molecular flexibility index (Phi) is 7.04. The van der Waals surface area contributed by atoms with Gasteiger partial charge in [-0.25, -0.2) is 0 Å². The van der Waals surface area contributed by atoms with Crippen LogP contribution in [0, 0.1) is 17.2 Å². The van der Waals surface area contributed by atoms with Gasteiger partial charge in [0.2, 0.25) is 0 Å². The third-order valence-corrected chi connectivity index (χ3v) is 8.76. The van der Waals surface area contributed by atoms with Gasteiger partial charge in [0, 0.05) is 44.5 Å². The molecule has 2 atom stereocenters. The molecule has 2 fully saturated rings. The van der Waals surface area contributed by atoms with Gasteiger partial charge in [-0.3, -0.25) is 4.90 Å². The van der Waals surface area contributed by atoms with Crippen LogP contribution in [0.5, 0.6) is 0 Å². The van der Waals surface area contributed by atoms with E-state index in [2.05, 4.69) is 23.2 Å². The maximum absolute atomic E-state index is 14.3. The Morgan fingerprint density at radius 1 is 1.22 bits per heavy atom. The van der Waals surface area contributed by atoms with Crippen LogP contribution in [-0.4, -0.2) is 50.6 Å². The monoisotopic (exact) mass is 566 g/mol. The lowest BCUT2D eigenvalue weighted by Gasteiger charge is -2.46. The zero-order valence-corrected chi connectivity index (χ0v) is 23.1. The summed E-state index contributed by atoms with van der Waals surface area (Å²) in [6.07, 6.45) is -2.34. The second-order valence-corrected chi connectivity index (χ2v) is 11.7. The highest BCUT2D eigenvalue weighted by Crippen LogP contribution is 2.52. The first kappa shape index (κ1) is 27.7. The largest absolute Gasteiger partial charge is 0.416 e. The Morgan fingerprint density at radius 3 is 2.71 bits per heavy atom. The summed E-state index contributed by atoms with van der Waals surface area (Å²) in [5.41, 5.74) is 1.49. The molecule has 11 heteroatoms. The molecule has 2 aromatic carbocycles. The van der Waals surface area contributed by atoms with Gasteiger partial charge in [0.25, 0.3) is 0 Å². The van der Waals surface area contributed by atoms with Crippen LogP contribution in [-0.2, 0) is 36.5 Å². The lowest BCUT2D eigenvalue weighted by Crippen LogP contribution is -2.43. The van der Waals surface area contributed by atoms with E-state index < -0.39 is 18.0 Å². The molecule has 0 bridgehead atoms. The first-order valence-electron chi connectivity index (χ1n) is 13.9. The predicted octanol–water partition coefficient (Wildman–Crippen LogP) is 4.68. The maximum Gasteiger partial charge on any atom is 0.416 e. The molecule has 1 aliphatic carbocycles. The van der Waals surface area contributed by atoms with Crippen molar-refractivity contribution in [2.45, 2.75) is 63.2 Å². The highest BCUT2D eigenvalue weighted by molar-refractivity contribution is 5.59. The molecular formula is C30H33F3N6O2. The molecule has 216 valence electrons. The van der Waals surface area contributed by atoms with Crippen molar-refractivity contribution in [3.8, 4) is 6.07 Å².